The molecule has 10 heteroatoms. The van der Waals surface area contributed by atoms with Gasteiger partial charge in [-0.25, -0.2) is 17.8 Å². The number of benzene rings is 2. The van der Waals surface area contributed by atoms with Gasteiger partial charge in [-0.2, -0.15) is 0 Å². The Hall–Kier alpha value is -4.10. The van der Waals surface area contributed by atoms with Gasteiger partial charge in [-0.15, -0.1) is 0 Å². The van der Waals surface area contributed by atoms with E-state index in [1.807, 2.05) is 0 Å². The average Bonchev–Trinajstić information content (AvgIpc) is 2.84. The Balaban J connectivity index is 2.05. The third-order valence-corrected chi connectivity index (χ3v) is 5.15. The van der Waals surface area contributed by atoms with Crippen LogP contribution < -0.4 is 0 Å². The molecule has 0 aromatic heterocycles. The minimum absolute atomic E-state index is 0.278. The van der Waals surface area contributed by atoms with Gasteiger partial charge in [0.25, 0.3) is 11.8 Å². The lowest BCUT2D eigenvalue weighted by molar-refractivity contribution is -0.123. The molecule has 0 fully saturated rings. The van der Waals surface area contributed by atoms with E-state index in [9.17, 15) is 22.9 Å². The van der Waals surface area contributed by atoms with E-state index in [4.69, 9.17) is 9.05 Å². The Morgan fingerprint density at radius 2 is 1.03 bits per heavy atom. The molecule has 0 saturated carbocycles. The number of hydrogen-bond donors (Lipinski definition) is 0. The zero-order chi connectivity index (χ0) is 26.7. The standard InChI is InChI=1S/C26H26F2N2O5P/c1-29(2)25(31)23(19-9-13-21(27)14-10-19)7-5-17-34-36(33)35-18-6-8-24(26(32)30(3)4)20-11-15-22(28)16-12-20/h5-18H,1-4H3/q+1/b17-5+,18-6+,23-7-,24-8-. The van der Waals surface area contributed by atoms with Crippen LogP contribution in [0, 0.1) is 11.6 Å². The topological polar surface area (TPSA) is 76.1 Å². The fraction of sp³-hybridized carbons (Fsp3) is 0.154. The smallest absolute Gasteiger partial charge is 0.345 e. The first-order chi connectivity index (χ1) is 17.1. The molecule has 2 aromatic rings. The second-order valence-electron chi connectivity index (χ2n) is 7.67. The summed E-state index contributed by atoms with van der Waals surface area (Å²) < 4.78 is 48.3. The number of nitrogens with zero attached hydrogens (tertiary/aromatic N) is 2. The van der Waals surface area contributed by atoms with Crippen LogP contribution in [0.3, 0.4) is 0 Å². The molecule has 2 aromatic carbocycles. The van der Waals surface area contributed by atoms with Crippen molar-refractivity contribution in [3.05, 3.63) is 108 Å². The molecule has 0 heterocycles. The molecule has 36 heavy (non-hydrogen) atoms. The van der Waals surface area contributed by atoms with Crippen LogP contribution in [-0.2, 0) is 23.2 Å². The van der Waals surface area contributed by atoms with Crippen molar-refractivity contribution < 1.29 is 32.0 Å². The van der Waals surface area contributed by atoms with Crippen LogP contribution in [0.5, 0.6) is 0 Å². The third kappa shape index (κ3) is 8.60. The largest absolute Gasteiger partial charge is 0.804 e. The van der Waals surface area contributed by atoms with E-state index in [2.05, 4.69) is 0 Å². The highest BCUT2D eigenvalue weighted by molar-refractivity contribution is 7.33. The van der Waals surface area contributed by atoms with Crippen molar-refractivity contribution >= 4 is 31.2 Å². The van der Waals surface area contributed by atoms with Crippen molar-refractivity contribution in [2.75, 3.05) is 28.2 Å². The number of hydrogen-bond acceptors (Lipinski definition) is 5. The van der Waals surface area contributed by atoms with Gasteiger partial charge < -0.3 is 9.80 Å². The number of likely N-dealkylation sites (N-methyl/N-ethyl adjacent to an activating group) is 2. The van der Waals surface area contributed by atoms with Gasteiger partial charge in [0.2, 0.25) is 0 Å². The van der Waals surface area contributed by atoms with E-state index in [-0.39, 0.29) is 23.0 Å². The van der Waals surface area contributed by atoms with Gasteiger partial charge in [-0.1, -0.05) is 24.3 Å². The number of allylic oxidation sites excluding steroid dienone is 4. The second-order valence-corrected chi connectivity index (χ2v) is 8.53. The third-order valence-electron chi connectivity index (χ3n) is 4.56. The number of amides is 2. The number of carbonyl (C=O) groups excluding carboxylic acids is 2. The predicted octanol–water partition coefficient (Wildman–Crippen LogP) is 5.33. The molecule has 2 rings (SSSR count). The van der Waals surface area contributed by atoms with Gasteiger partial charge >= 0.3 is 8.25 Å². The zero-order valence-electron chi connectivity index (χ0n) is 20.2. The Morgan fingerprint density at radius 1 is 0.694 bits per heavy atom. The molecule has 0 spiro atoms. The molecule has 0 atom stereocenters. The number of rotatable bonds is 10. The number of carbonyl (C=O) groups is 2. The Kier molecular flexibility index (Phi) is 10.7. The number of halogens is 2. The van der Waals surface area contributed by atoms with Crippen molar-refractivity contribution in [3.8, 4) is 0 Å². The maximum Gasteiger partial charge on any atom is 0.804 e. The highest BCUT2D eigenvalue weighted by Crippen LogP contribution is 2.25. The van der Waals surface area contributed by atoms with Crippen molar-refractivity contribution in [2.24, 2.45) is 0 Å². The molecule has 0 aliphatic heterocycles. The highest BCUT2D eigenvalue weighted by atomic mass is 31.1. The Bertz CT molecular complexity index is 1110. The summed E-state index contributed by atoms with van der Waals surface area (Å²) in [5.74, 6) is -1.49. The van der Waals surface area contributed by atoms with Crippen LogP contribution in [-0.4, -0.2) is 49.8 Å². The molecule has 0 saturated heterocycles. The van der Waals surface area contributed by atoms with Gasteiger partial charge in [-0.3, -0.25) is 9.59 Å². The maximum atomic E-state index is 13.2. The van der Waals surface area contributed by atoms with Gasteiger partial charge in [0, 0.05) is 43.9 Å². The van der Waals surface area contributed by atoms with Crippen LogP contribution in [0.1, 0.15) is 11.1 Å². The van der Waals surface area contributed by atoms with Crippen molar-refractivity contribution in [3.63, 3.8) is 0 Å². The predicted molar refractivity (Wildman–Crippen MR) is 134 cm³/mol. The lowest BCUT2D eigenvalue weighted by atomic mass is 10.0. The molecular formula is C26H26F2N2O5P+. The molecule has 0 aliphatic carbocycles. The van der Waals surface area contributed by atoms with Gasteiger partial charge in [0.1, 0.15) is 11.6 Å². The van der Waals surface area contributed by atoms with Crippen LogP contribution in [0.4, 0.5) is 8.78 Å². The summed E-state index contributed by atoms with van der Waals surface area (Å²) in [6.07, 6.45) is 7.80. The molecule has 0 unspecified atom stereocenters. The molecule has 0 radical (unpaired) electrons. The first-order valence-corrected chi connectivity index (χ1v) is 11.7. The first-order valence-electron chi connectivity index (χ1n) is 10.6. The summed E-state index contributed by atoms with van der Waals surface area (Å²) in [5.41, 5.74) is 1.55. The second kappa shape index (κ2) is 13.7. The van der Waals surface area contributed by atoms with E-state index < -0.39 is 19.9 Å². The summed E-state index contributed by atoms with van der Waals surface area (Å²) >= 11 is 0. The van der Waals surface area contributed by atoms with E-state index in [0.29, 0.717) is 11.1 Å². The van der Waals surface area contributed by atoms with Crippen molar-refractivity contribution in [1.82, 2.24) is 9.80 Å². The van der Waals surface area contributed by atoms with Gasteiger partial charge in [0.15, 0.2) is 12.5 Å². The van der Waals surface area contributed by atoms with Gasteiger partial charge in [0.05, 0.1) is 0 Å². The van der Waals surface area contributed by atoms with Crippen molar-refractivity contribution in [1.29, 1.82) is 0 Å². The molecule has 188 valence electrons. The molecule has 0 N–H and O–H groups in total. The summed E-state index contributed by atoms with van der Waals surface area (Å²) in [6.45, 7) is 0. The lowest BCUT2D eigenvalue weighted by Gasteiger charge is -2.13. The quantitative estimate of drug-likeness (QED) is 0.185. The monoisotopic (exact) mass is 515 g/mol. The van der Waals surface area contributed by atoms with E-state index in [0.717, 1.165) is 12.5 Å². The van der Waals surface area contributed by atoms with E-state index >= 15 is 0 Å². The fourth-order valence-corrected chi connectivity index (χ4v) is 3.18. The summed E-state index contributed by atoms with van der Waals surface area (Å²) in [5, 5.41) is 0. The zero-order valence-corrected chi connectivity index (χ0v) is 21.1. The Morgan fingerprint density at radius 3 is 1.33 bits per heavy atom. The van der Waals surface area contributed by atoms with Crippen LogP contribution in [0.15, 0.2) is 85.4 Å². The van der Waals surface area contributed by atoms with Crippen LogP contribution >= 0.6 is 8.25 Å². The SMILES string of the molecule is CN(C)C(=O)/C(=C\C=C\O[P+](=O)O/C=C/C=C(\C(=O)N(C)C)c1ccc(F)cc1)c1ccc(F)cc1. The molecule has 7 nitrogen and oxygen atoms in total. The average molecular weight is 515 g/mol. The minimum atomic E-state index is -2.59. The molecular weight excluding hydrogens is 489 g/mol. The summed E-state index contributed by atoms with van der Waals surface area (Å²) in [4.78, 5) is 27.6. The maximum absolute atomic E-state index is 13.2. The van der Waals surface area contributed by atoms with Crippen LogP contribution in [0.2, 0.25) is 0 Å². The molecule has 0 aliphatic rings. The minimum Gasteiger partial charge on any atom is -0.345 e. The van der Waals surface area contributed by atoms with E-state index in [1.165, 1.54) is 82.6 Å². The lowest BCUT2D eigenvalue weighted by Crippen LogP contribution is -2.22. The van der Waals surface area contributed by atoms with Crippen molar-refractivity contribution in [2.45, 2.75) is 0 Å². The first kappa shape index (κ1) is 28.1. The molecule has 0 bridgehead atoms. The van der Waals surface area contributed by atoms with E-state index in [1.54, 1.807) is 28.2 Å². The highest BCUT2D eigenvalue weighted by Gasteiger charge is 2.18. The molecule has 2 amide bonds. The van der Waals surface area contributed by atoms with Gasteiger partial charge in [-0.05, 0) is 59.7 Å². The summed E-state index contributed by atoms with van der Waals surface area (Å²) in [6, 6.07) is 10.9. The van der Waals surface area contributed by atoms with Crippen LogP contribution in [0.25, 0.3) is 11.1 Å². The summed E-state index contributed by atoms with van der Waals surface area (Å²) in [7, 11) is 3.74. The fourth-order valence-electron chi connectivity index (χ4n) is 2.79. The Labute approximate surface area is 209 Å². The normalized spacial score (nSPS) is 12.1.